The molecule has 1 amide bonds. The number of carbonyl (C=O) groups is 1. The summed E-state index contributed by atoms with van der Waals surface area (Å²) in [6, 6.07) is 3.96. The molecule has 0 N–H and O–H groups in total. The Morgan fingerprint density at radius 1 is 1.31 bits per heavy atom. The Morgan fingerprint density at radius 3 is 2.44 bits per heavy atom. The van der Waals surface area contributed by atoms with E-state index in [4.69, 9.17) is 4.74 Å². The summed E-state index contributed by atoms with van der Waals surface area (Å²) < 4.78 is 5.25. The van der Waals surface area contributed by atoms with E-state index in [-0.39, 0.29) is 5.91 Å². The van der Waals surface area contributed by atoms with E-state index in [1.807, 2.05) is 19.1 Å². The van der Waals surface area contributed by atoms with Crippen LogP contribution in [0.5, 0.6) is 5.75 Å². The molecular formula is C13H19NO2. The highest BCUT2D eigenvalue weighted by atomic mass is 16.5. The molecule has 1 aromatic rings. The number of benzene rings is 1. The average Bonchev–Trinajstić information content (AvgIpc) is 2.25. The molecule has 0 aromatic heterocycles. The van der Waals surface area contributed by atoms with Gasteiger partial charge in [0.05, 0.1) is 7.11 Å². The predicted molar refractivity (Wildman–Crippen MR) is 64.6 cm³/mol. The maximum absolute atomic E-state index is 11.2. The van der Waals surface area contributed by atoms with Crippen LogP contribution in [0.3, 0.4) is 0 Å². The van der Waals surface area contributed by atoms with Gasteiger partial charge in [-0.1, -0.05) is 6.07 Å². The number of hydrogen-bond donors (Lipinski definition) is 0. The van der Waals surface area contributed by atoms with E-state index in [2.05, 4.69) is 6.92 Å². The van der Waals surface area contributed by atoms with Crippen molar-refractivity contribution in [2.45, 2.75) is 27.3 Å². The number of nitrogens with zero attached hydrogens (tertiary/aromatic N) is 1. The molecule has 0 atom stereocenters. The van der Waals surface area contributed by atoms with Crippen LogP contribution in [0.25, 0.3) is 0 Å². The van der Waals surface area contributed by atoms with Gasteiger partial charge in [-0.2, -0.15) is 0 Å². The zero-order valence-electron chi connectivity index (χ0n) is 10.6. The first-order valence-corrected chi connectivity index (χ1v) is 5.32. The first-order valence-electron chi connectivity index (χ1n) is 5.32. The second-order valence-electron chi connectivity index (χ2n) is 4.05. The Bertz CT molecular complexity index is 399. The number of rotatable bonds is 3. The van der Waals surface area contributed by atoms with Crippen LogP contribution in [0.1, 0.15) is 23.6 Å². The molecule has 0 fully saturated rings. The van der Waals surface area contributed by atoms with Crippen molar-refractivity contribution in [3.63, 3.8) is 0 Å². The first-order chi connectivity index (χ1) is 7.47. The van der Waals surface area contributed by atoms with Crippen LogP contribution in [0, 0.1) is 13.8 Å². The molecule has 16 heavy (non-hydrogen) atoms. The highest BCUT2D eigenvalue weighted by Crippen LogP contribution is 2.24. The molecule has 0 aliphatic rings. The fourth-order valence-corrected chi connectivity index (χ4v) is 1.61. The van der Waals surface area contributed by atoms with Gasteiger partial charge in [-0.25, -0.2) is 0 Å². The van der Waals surface area contributed by atoms with Crippen molar-refractivity contribution in [1.82, 2.24) is 4.90 Å². The average molecular weight is 221 g/mol. The van der Waals surface area contributed by atoms with E-state index in [0.29, 0.717) is 6.54 Å². The van der Waals surface area contributed by atoms with Crippen LogP contribution in [-0.4, -0.2) is 25.0 Å². The topological polar surface area (TPSA) is 29.5 Å². The zero-order chi connectivity index (χ0) is 12.3. The van der Waals surface area contributed by atoms with Crippen molar-refractivity contribution < 1.29 is 9.53 Å². The summed E-state index contributed by atoms with van der Waals surface area (Å²) >= 11 is 0. The molecule has 0 saturated carbocycles. The SMILES string of the molecule is COc1ccc(CN(C)C(C)=O)c(C)c1C. The maximum atomic E-state index is 11.2. The number of ether oxygens (including phenoxy) is 1. The van der Waals surface area contributed by atoms with Gasteiger partial charge in [0.2, 0.25) is 5.91 Å². The van der Waals surface area contributed by atoms with Crippen LogP contribution in [0.15, 0.2) is 12.1 Å². The molecule has 0 unspecified atom stereocenters. The molecule has 1 rings (SSSR count). The van der Waals surface area contributed by atoms with Crippen LogP contribution in [-0.2, 0) is 11.3 Å². The van der Waals surface area contributed by atoms with Crippen molar-refractivity contribution in [3.8, 4) is 5.75 Å². The Labute approximate surface area is 97.0 Å². The smallest absolute Gasteiger partial charge is 0.219 e. The Balaban J connectivity index is 2.99. The van der Waals surface area contributed by atoms with Gasteiger partial charge in [-0.15, -0.1) is 0 Å². The third-order valence-corrected chi connectivity index (χ3v) is 3.01. The lowest BCUT2D eigenvalue weighted by molar-refractivity contribution is -0.128. The van der Waals surface area contributed by atoms with Crippen LogP contribution >= 0.6 is 0 Å². The fraction of sp³-hybridized carbons (Fsp3) is 0.462. The monoisotopic (exact) mass is 221 g/mol. The highest BCUT2D eigenvalue weighted by molar-refractivity contribution is 5.72. The second-order valence-corrected chi connectivity index (χ2v) is 4.05. The van der Waals surface area contributed by atoms with Crippen molar-refractivity contribution in [2.24, 2.45) is 0 Å². The van der Waals surface area contributed by atoms with E-state index in [9.17, 15) is 4.79 Å². The minimum absolute atomic E-state index is 0.0767. The van der Waals surface area contributed by atoms with Crippen molar-refractivity contribution in [1.29, 1.82) is 0 Å². The fourth-order valence-electron chi connectivity index (χ4n) is 1.61. The molecule has 0 radical (unpaired) electrons. The zero-order valence-corrected chi connectivity index (χ0v) is 10.6. The van der Waals surface area contributed by atoms with E-state index in [1.54, 1.807) is 26.0 Å². The summed E-state index contributed by atoms with van der Waals surface area (Å²) in [4.78, 5) is 12.9. The summed E-state index contributed by atoms with van der Waals surface area (Å²) in [5.41, 5.74) is 3.49. The molecule has 0 bridgehead atoms. The second kappa shape index (κ2) is 5.01. The summed E-state index contributed by atoms with van der Waals surface area (Å²) in [5.74, 6) is 0.972. The number of amides is 1. The number of hydrogen-bond acceptors (Lipinski definition) is 2. The van der Waals surface area contributed by atoms with Gasteiger partial charge >= 0.3 is 0 Å². The number of carbonyl (C=O) groups excluding carboxylic acids is 1. The molecule has 0 aliphatic carbocycles. The third kappa shape index (κ3) is 2.54. The van der Waals surface area contributed by atoms with Gasteiger partial charge in [-0.05, 0) is 36.6 Å². The Hall–Kier alpha value is -1.51. The van der Waals surface area contributed by atoms with Gasteiger partial charge < -0.3 is 9.64 Å². The molecule has 0 saturated heterocycles. The Morgan fingerprint density at radius 2 is 1.94 bits per heavy atom. The van der Waals surface area contributed by atoms with E-state index >= 15 is 0 Å². The third-order valence-electron chi connectivity index (χ3n) is 3.01. The quantitative estimate of drug-likeness (QED) is 0.783. The van der Waals surface area contributed by atoms with Gasteiger partial charge in [0.15, 0.2) is 0 Å². The lowest BCUT2D eigenvalue weighted by Crippen LogP contribution is -2.23. The normalized spacial score (nSPS) is 10.1. The van der Waals surface area contributed by atoms with Crippen LogP contribution in [0.2, 0.25) is 0 Å². The van der Waals surface area contributed by atoms with Crippen molar-refractivity contribution in [2.75, 3.05) is 14.2 Å². The summed E-state index contributed by atoms with van der Waals surface area (Å²) in [6.07, 6.45) is 0. The highest BCUT2D eigenvalue weighted by Gasteiger charge is 2.09. The first kappa shape index (κ1) is 12.6. The molecule has 1 aromatic carbocycles. The van der Waals surface area contributed by atoms with Gasteiger partial charge in [0.1, 0.15) is 5.75 Å². The van der Waals surface area contributed by atoms with E-state index in [1.165, 1.54) is 5.56 Å². The maximum Gasteiger partial charge on any atom is 0.219 e. The lowest BCUT2D eigenvalue weighted by Gasteiger charge is -2.18. The molecule has 0 aliphatic heterocycles. The van der Waals surface area contributed by atoms with Gasteiger partial charge in [-0.3, -0.25) is 4.79 Å². The molecule has 0 spiro atoms. The standard InChI is InChI=1S/C13H19NO2/c1-9-10(2)13(16-5)7-6-12(9)8-14(4)11(3)15/h6-7H,8H2,1-5H3. The molecule has 3 heteroatoms. The van der Waals surface area contributed by atoms with Gasteiger partial charge in [0, 0.05) is 20.5 Å². The minimum Gasteiger partial charge on any atom is -0.496 e. The molecule has 88 valence electrons. The lowest BCUT2D eigenvalue weighted by atomic mass is 10.0. The van der Waals surface area contributed by atoms with Gasteiger partial charge in [0.25, 0.3) is 0 Å². The van der Waals surface area contributed by atoms with Crippen LogP contribution in [0.4, 0.5) is 0 Å². The Kier molecular flexibility index (Phi) is 3.93. The minimum atomic E-state index is 0.0767. The van der Waals surface area contributed by atoms with E-state index in [0.717, 1.165) is 16.9 Å². The molecule has 3 nitrogen and oxygen atoms in total. The summed E-state index contributed by atoms with van der Waals surface area (Å²) in [5, 5.41) is 0. The largest absolute Gasteiger partial charge is 0.496 e. The van der Waals surface area contributed by atoms with Crippen molar-refractivity contribution in [3.05, 3.63) is 28.8 Å². The number of methoxy groups -OCH3 is 1. The van der Waals surface area contributed by atoms with E-state index < -0.39 is 0 Å². The van der Waals surface area contributed by atoms with Crippen LogP contribution < -0.4 is 4.74 Å². The molecular weight excluding hydrogens is 202 g/mol. The predicted octanol–water partition coefficient (Wildman–Crippen LogP) is 2.29. The molecule has 0 heterocycles. The van der Waals surface area contributed by atoms with Crippen molar-refractivity contribution >= 4 is 5.91 Å². The summed E-state index contributed by atoms with van der Waals surface area (Å²) in [6.45, 7) is 6.31. The summed E-state index contributed by atoms with van der Waals surface area (Å²) in [7, 11) is 3.48.